The van der Waals surface area contributed by atoms with E-state index < -0.39 is 28.0 Å². The molecule has 1 unspecified atom stereocenters. The first-order chi connectivity index (χ1) is 9.19. The van der Waals surface area contributed by atoms with Crippen LogP contribution in [0.1, 0.15) is 17.3 Å². The van der Waals surface area contributed by atoms with Crippen molar-refractivity contribution < 1.29 is 27.9 Å². The molecule has 0 aliphatic rings. The number of esters is 1. The maximum Gasteiger partial charge on any atom is 0.335 e. The number of hydrogen-bond donors (Lipinski definition) is 2. The number of benzene rings is 1. The van der Waals surface area contributed by atoms with E-state index >= 15 is 0 Å². The first kappa shape index (κ1) is 16.6. The van der Waals surface area contributed by atoms with Crippen LogP contribution in [0.15, 0.2) is 27.6 Å². The fourth-order valence-electron chi connectivity index (χ4n) is 1.37. The van der Waals surface area contributed by atoms with Gasteiger partial charge in [0.15, 0.2) is 0 Å². The van der Waals surface area contributed by atoms with E-state index in [1.807, 2.05) is 0 Å². The summed E-state index contributed by atoms with van der Waals surface area (Å²) in [6.45, 7) is 1.34. The Balaban J connectivity index is 3.10. The Kier molecular flexibility index (Phi) is 5.26. The molecule has 9 heteroatoms. The van der Waals surface area contributed by atoms with Crippen molar-refractivity contribution in [2.45, 2.75) is 17.9 Å². The Morgan fingerprint density at radius 2 is 2.00 bits per heavy atom. The molecule has 0 saturated heterocycles. The Labute approximate surface area is 124 Å². The average Bonchev–Trinajstić information content (AvgIpc) is 2.36. The third-order valence-electron chi connectivity index (χ3n) is 2.36. The van der Waals surface area contributed by atoms with Gasteiger partial charge in [-0.2, -0.15) is 4.72 Å². The predicted molar refractivity (Wildman–Crippen MR) is 72.9 cm³/mol. The molecule has 0 amide bonds. The smallest absolute Gasteiger partial charge is 0.335 e. The van der Waals surface area contributed by atoms with Gasteiger partial charge in [-0.1, -0.05) is 0 Å². The topological polar surface area (TPSA) is 110 Å². The highest BCUT2D eigenvalue weighted by Crippen LogP contribution is 2.23. The molecule has 0 aliphatic carbocycles. The quantitative estimate of drug-likeness (QED) is 0.752. The molecule has 0 bridgehead atoms. The molecule has 1 aromatic carbocycles. The molecular weight excluding hydrogens is 354 g/mol. The SMILES string of the molecule is COC(=O)C(C)NS(=O)(=O)c1ccc(C(=O)O)cc1Br. The Morgan fingerprint density at radius 3 is 2.45 bits per heavy atom. The number of carbonyl (C=O) groups is 2. The molecule has 7 nitrogen and oxygen atoms in total. The van der Waals surface area contributed by atoms with Gasteiger partial charge in [-0.25, -0.2) is 13.2 Å². The first-order valence-corrected chi connectivity index (χ1v) is 7.59. The van der Waals surface area contributed by atoms with Gasteiger partial charge < -0.3 is 9.84 Å². The van der Waals surface area contributed by atoms with E-state index in [0.29, 0.717) is 0 Å². The van der Waals surface area contributed by atoms with E-state index in [1.54, 1.807) is 0 Å². The third kappa shape index (κ3) is 3.78. The number of methoxy groups -OCH3 is 1. The maximum atomic E-state index is 12.1. The second kappa shape index (κ2) is 6.33. The predicted octanol–water partition coefficient (Wildman–Crippen LogP) is 0.987. The number of sulfonamides is 1. The van der Waals surface area contributed by atoms with Crippen LogP contribution in [0.25, 0.3) is 0 Å². The Hall–Kier alpha value is -1.45. The number of carbonyl (C=O) groups excluding carboxylic acids is 1. The van der Waals surface area contributed by atoms with Crippen molar-refractivity contribution in [3.05, 3.63) is 28.2 Å². The summed E-state index contributed by atoms with van der Waals surface area (Å²) in [5.41, 5.74) is -0.0585. The molecule has 1 rings (SSSR count). The van der Waals surface area contributed by atoms with Crippen molar-refractivity contribution in [3.63, 3.8) is 0 Å². The van der Waals surface area contributed by atoms with Crippen LogP contribution in [0.5, 0.6) is 0 Å². The molecular formula is C11H12BrNO6S. The molecule has 0 spiro atoms. The number of nitrogens with one attached hydrogen (secondary N) is 1. The van der Waals surface area contributed by atoms with Gasteiger partial charge in [0.25, 0.3) is 0 Å². The molecule has 1 aromatic rings. The number of rotatable bonds is 5. The summed E-state index contributed by atoms with van der Waals surface area (Å²) in [5, 5.41) is 8.81. The van der Waals surface area contributed by atoms with Crippen LogP contribution < -0.4 is 4.72 Å². The molecule has 0 aromatic heterocycles. The average molecular weight is 366 g/mol. The minimum atomic E-state index is -3.98. The van der Waals surface area contributed by atoms with Crippen molar-refractivity contribution in [2.24, 2.45) is 0 Å². The van der Waals surface area contributed by atoms with Crippen molar-refractivity contribution in [1.29, 1.82) is 0 Å². The maximum absolute atomic E-state index is 12.1. The lowest BCUT2D eigenvalue weighted by Crippen LogP contribution is -2.39. The molecule has 0 saturated carbocycles. The Morgan fingerprint density at radius 1 is 1.40 bits per heavy atom. The highest BCUT2D eigenvalue weighted by Gasteiger charge is 2.24. The molecule has 0 heterocycles. The number of hydrogen-bond acceptors (Lipinski definition) is 5. The van der Waals surface area contributed by atoms with E-state index in [0.717, 1.165) is 19.2 Å². The second-order valence-electron chi connectivity index (χ2n) is 3.82. The third-order valence-corrected chi connectivity index (χ3v) is 4.87. The molecule has 0 radical (unpaired) electrons. The largest absolute Gasteiger partial charge is 0.478 e. The summed E-state index contributed by atoms with van der Waals surface area (Å²) in [4.78, 5) is 21.8. The van der Waals surface area contributed by atoms with Crippen LogP contribution >= 0.6 is 15.9 Å². The summed E-state index contributed by atoms with van der Waals surface area (Å²) in [7, 11) is -2.83. The molecule has 110 valence electrons. The van der Waals surface area contributed by atoms with Gasteiger partial charge in [0, 0.05) is 4.47 Å². The molecule has 20 heavy (non-hydrogen) atoms. The fraction of sp³-hybridized carbons (Fsp3) is 0.273. The van der Waals surface area contributed by atoms with Crippen molar-refractivity contribution >= 4 is 37.9 Å². The van der Waals surface area contributed by atoms with Gasteiger partial charge in [-0.3, -0.25) is 4.79 Å². The standard InChI is InChI=1S/C11H12BrNO6S/c1-6(11(16)19-2)13-20(17,18)9-4-3-7(10(14)15)5-8(9)12/h3-6,13H,1-2H3,(H,14,15). The van der Waals surface area contributed by atoms with Gasteiger partial charge in [-0.05, 0) is 41.1 Å². The lowest BCUT2D eigenvalue weighted by atomic mass is 10.2. The highest BCUT2D eigenvalue weighted by molar-refractivity contribution is 9.10. The van der Waals surface area contributed by atoms with Gasteiger partial charge in [-0.15, -0.1) is 0 Å². The summed E-state index contributed by atoms with van der Waals surface area (Å²) in [6.07, 6.45) is 0. The summed E-state index contributed by atoms with van der Waals surface area (Å²) in [5.74, 6) is -1.91. The number of ether oxygens (including phenoxy) is 1. The fourth-order valence-corrected chi connectivity index (χ4v) is 3.64. The van der Waals surface area contributed by atoms with E-state index in [-0.39, 0.29) is 14.9 Å². The van der Waals surface area contributed by atoms with Crippen LogP contribution in [0.3, 0.4) is 0 Å². The van der Waals surface area contributed by atoms with Crippen LogP contribution in [0.2, 0.25) is 0 Å². The first-order valence-electron chi connectivity index (χ1n) is 5.32. The van der Waals surface area contributed by atoms with Crippen LogP contribution in [-0.2, 0) is 19.6 Å². The van der Waals surface area contributed by atoms with E-state index in [9.17, 15) is 18.0 Å². The van der Waals surface area contributed by atoms with Gasteiger partial charge in [0.1, 0.15) is 6.04 Å². The van der Waals surface area contributed by atoms with Crippen molar-refractivity contribution in [1.82, 2.24) is 4.72 Å². The summed E-state index contributed by atoms with van der Waals surface area (Å²) >= 11 is 3.00. The summed E-state index contributed by atoms with van der Waals surface area (Å²) < 4.78 is 30.8. The number of halogens is 1. The molecule has 0 fully saturated rings. The zero-order valence-corrected chi connectivity index (χ0v) is 13.0. The zero-order valence-electron chi connectivity index (χ0n) is 10.6. The van der Waals surface area contributed by atoms with Crippen molar-refractivity contribution in [3.8, 4) is 0 Å². The molecule has 0 aliphatic heterocycles. The monoisotopic (exact) mass is 365 g/mol. The van der Waals surface area contributed by atoms with Crippen LogP contribution in [-0.4, -0.2) is 38.6 Å². The minimum Gasteiger partial charge on any atom is -0.478 e. The molecule has 1 atom stereocenters. The minimum absolute atomic E-state index is 0.0585. The van der Waals surface area contributed by atoms with Crippen LogP contribution in [0.4, 0.5) is 0 Å². The number of aromatic carboxylic acids is 1. The van der Waals surface area contributed by atoms with E-state index in [4.69, 9.17) is 5.11 Å². The lowest BCUT2D eigenvalue weighted by molar-refractivity contribution is -0.142. The van der Waals surface area contributed by atoms with E-state index in [2.05, 4.69) is 25.4 Å². The number of carboxylic acid groups (broad SMARTS) is 1. The van der Waals surface area contributed by atoms with Crippen LogP contribution in [0, 0.1) is 0 Å². The van der Waals surface area contributed by atoms with Crippen molar-refractivity contribution in [2.75, 3.05) is 7.11 Å². The molecule has 2 N–H and O–H groups in total. The lowest BCUT2D eigenvalue weighted by Gasteiger charge is -2.13. The Bertz CT molecular complexity index is 642. The highest BCUT2D eigenvalue weighted by atomic mass is 79.9. The second-order valence-corrected chi connectivity index (χ2v) is 6.35. The van der Waals surface area contributed by atoms with Gasteiger partial charge >= 0.3 is 11.9 Å². The number of carboxylic acids is 1. The normalized spacial score (nSPS) is 12.8. The summed E-state index contributed by atoms with van der Waals surface area (Å²) in [6, 6.07) is 2.40. The van der Waals surface area contributed by atoms with Gasteiger partial charge in [0.2, 0.25) is 10.0 Å². The van der Waals surface area contributed by atoms with E-state index in [1.165, 1.54) is 13.0 Å². The zero-order chi connectivity index (χ0) is 15.5. The van der Waals surface area contributed by atoms with Gasteiger partial charge in [0.05, 0.1) is 17.6 Å².